The molecular weight excluding hydrogens is 384 g/mol. The average molecular weight is 408 g/mol. The fraction of sp³-hybridized carbons (Fsp3) is 0.364. The molecule has 156 valence electrons. The van der Waals surface area contributed by atoms with Crippen LogP contribution in [0.15, 0.2) is 45.7 Å². The molecule has 0 saturated carbocycles. The van der Waals surface area contributed by atoms with Gasteiger partial charge in [0.25, 0.3) is 5.91 Å². The van der Waals surface area contributed by atoms with E-state index in [0.717, 1.165) is 36.3 Å². The maximum absolute atomic E-state index is 13.1. The van der Waals surface area contributed by atoms with Crippen LogP contribution in [0.3, 0.4) is 0 Å². The molecule has 8 nitrogen and oxygen atoms in total. The Kier molecular flexibility index (Phi) is 5.65. The Bertz CT molecular complexity index is 1100. The molecule has 0 radical (unpaired) electrons. The van der Waals surface area contributed by atoms with E-state index in [-0.39, 0.29) is 17.6 Å². The fourth-order valence-electron chi connectivity index (χ4n) is 3.81. The van der Waals surface area contributed by atoms with Gasteiger partial charge in [-0.05, 0) is 49.9 Å². The van der Waals surface area contributed by atoms with Gasteiger partial charge in [0.2, 0.25) is 5.89 Å². The van der Waals surface area contributed by atoms with Crippen molar-refractivity contribution in [3.63, 3.8) is 0 Å². The van der Waals surface area contributed by atoms with Crippen molar-refractivity contribution >= 4 is 5.91 Å². The number of rotatable bonds is 5. The third kappa shape index (κ3) is 4.27. The first kappa shape index (κ1) is 19.9. The molecule has 1 N–H and O–H groups in total. The smallest absolute Gasteiger partial charge is 0.345 e. The lowest BCUT2D eigenvalue weighted by molar-refractivity contribution is 0.0563. The molecule has 1 fully saturated rings. The lowest BCUT2D eigenvalue weighted by Crippen LogP contribution is -2.39. The number of carbonyl (C=O) groups excluding carboxylic acids is 1. The number of hydrogen-bond acceptors (Lipinski definition) is 6. The number of aromatic nitrogens is 3. The molecule has 1 aliphatic rings. The summed E-state index contributed by atoms with van der Waals surface area (Å²) in [4.78, 5) is 37.4. The maximum atomic E-state index is 13.1. The molecule has 0 unspecified atom stereocenters. The van der Waals surface area contributed by atoms with Gasteiger partial charge in [-0.3, -0.25) is 4.79 Å². The van der Waals surface area contributed by atoms with Crippen LogP contribution in [0, 0.1) is 6.92 Å². The van der Waals surface area contributed by atoms with Crippen LogP contribution >= 0.6 is 0 Å². The molecule has 30 heavy (non-hydrogen) atoms. The lowest BCUT2D eigenvalue weighted by Gasteiger charge is -2.33. The summed E-state index contributed by atoms with van der Waals surface area (Å²) in [5.41, 5.74) is 1.27. The number of nitrogens with one attached hydrogen (secondary N) is 1. The van der Waals surface area contributed by atoms with Crippen LogP contribution in [0.2, 0.25) is 0 Å². The highest BCUT2D eigenvalue weighted by molar-refractivity contribution is 5.92. The molecule has 2 aromatic heterocycles. The second-order valence-corrected chi connectivity index (χ2v) is 7.46. The Hall–Kier alpha value is -3.42. The quantitative estimate of drug-likeness (QED) is 0.696. The van der Waals surface area contributed by atoms with Crippen molar-refractivity contribution in [2.45, 2.75) is 38.6 Å². The number of H-pyrrole nitrogens is 1. The molecule has 1 aliphatic heterocycles. The van der Waals surface area contributed by atoms with Gasteiger partial charge in [0.1, 0.15) is 23.2 Å². The Labute approximate surface area is 173 Å². The van der Waals surface area contributed by atoms with Gasteiger partial charge in [0.15, 0.2) is 0 Å². The van der Waals surface area contributed by atoms with Crippen LogP contribution in [0.5, 0.6) is 5.75 Å². The van der Waals surface area contributed by atoms with Crippen LogP contribution in [0.25, 0.3) is 0 Å². The summed E-state index contributed by atoms with van der Waals surface area (Å²) in [7, 11) is 1.64. The van der Waals surface area contributed by atoms with Crippen LogP contribution in [0.1, 0.15) is 58.7 Å². The summed E-state index contributed by atoms with van der Waals surface area (Å²) < 4.78 is 11.3. The predicted molar refractivity (Wildman–Crippen MR) is 110 cm³/mol. The van der Waals surface area contributed by atoms with Crippen LogP contribution < -0.4 is 10.4 Å². The molecule has 4 rings (SSSR count). The zero-order valence-corrected chi connectivity index (χ0v) is 17.1. The minimum atomic E-state index is -0.524. The van der Waals surface area contributed by atoms with Gasteiger partial charge >= 0.3 is 5.69 Å². The topological polar surface area (TPSA) is 101 Å². The Morgan fingerprint density at radius 2 is 2.20 bits per heavy atom. The van der Waals surface area contributed by atoms with Gasteiger partial charge in [0, 0.05) is 18.7 Å². The molecule has 0 bridgehead atoms. The van der Waals surface area contributed by atoms with Crippen molar-refractivity contribution in [2.75, 3.05) is 13.7 Å². The third-order valence-electron chi connectivity index (χ3n) is 5.23. The van der Waals surface area contributed by atoms with E-state index in [9.17, 15) is 9.59 Å². The first-order valence-electron chi connectivity index (χ1n) is 10.00. The number of likely N-dealkylation sites (tertiary alicyclic amines) is 1. The third-order valence-corrected chi connectivity index (χ3v) is 5.23. The predicted octanol–water partition coefficient (Wildman–Crippen LogP) is 3.03. The number of nitrogens with zero attached hydrogens (tertiary/aromatic N) is 3. The normalized spacial score (nSPS) is 16.5. The summed E-state index contributed by atoms with van der Waals surface area (Å²) in [6.07, 6.45) is 4.92. The Morgan fingerprint density at radius 1 is 1.33 bits per heavy atom. The monoisotopic (exact) mass is 408 g/mol. The van der Waals surface area contributed by atoms with E-state index in [1.165, 1.54) is 0 Å². The van der Waals surface area contributed by atoms with Crippen molar-refractivity contribution < 1.29 is 13.9 Å². The lowest BCUT2D eigenvalue weighted by atomic mass is 10.0. The molecule has 1 amide bonds. The first-order chi connectivity index (χ1) is 14.5. The number of carbonyl (C=O) groups is 1. The highest BCUT2D eigenvalue weighted by Gasteiger charge is 2.32. The molecule has 1 aromatic carbocycles. The van der Waals surface area contributed by atoms with Crippen molar-refractivity contribution in [2.24, 2.45) is 0 Å². The van der Waals surface area contributed by atoms with E-state index in [1.54, 1.807) is 31.2 Å². The average Bonchev–Trinajstić information content (AvgIpc) is 3.21. The van der Waals surface area contributed by atoms with E-state index < -0.39 is 5.69 Å². The molecule has 1 atom stereocenters. The van der Waals surface area contributed by atoms with Crippen molar-refractivity contribution in [3.05, 3.63) is 75.6 Å². The summed E-state index contributed by atoms with van der Waals surface area (Å²) in [6.45, 7) is 2.30. The van der Waals surface area contributed by atoms with Crippen LogP contribution in [-0.2, 0) is 6.42 Å². The van der Waals surface area contributed by atoms with Gasteiger partial charge < -0.3 is 19.0 Å². The van der Waals surface area contributed by atoms with E-state index in [2.05, 4.69) is 15.0 Å². The minimum absolute atomic E-state index is 0.145. The molecule has 8 heteroatoms. The summed E-state index contributed by atoms with van der Waals surface area (Å²) in [5, 5.41) is 0. The number of methoxy groups -OCH3 is 1. The fourth-order valence-corrected chi connectivity index (χ4v) is 3.81. The second-order valence-electron chi connectivity index (χ2n) is 7.46. The molecule has 0 spiro atoms. The van der Waals surface area contributed by atoms with Gasteiger partial charge in [-0.15, -0.1) is 0 Å². The van der Waals surface area contributed by atoms with E-state index in [4.69, 9.17) is 9.15 Å². The van der Waals surface area contributed by atoms with Gasteiger partial charge in [-0.25, -0.2) is 9.78 Å². The first-order valence-corrected chi connectivity index (χ1v) is 10.00. The zero-order chi connectivity index (χ0) is 21.1. The summed E-state index contributed by atoms with van der Waals surface area (Å²) >= 11 is 0. The Morgan fingerprint density at radius 3 is 3.00 bits per heavy atom. The number of aromatic amines is 1. The SMILES string of the molecule is COc1cccc(Cc2cnc([C@@H]3CCCCN3C(=O)c3cc(C)[nH]c(=O)n3)o2)c1. The number of amides is 1. The molecule has 3 aromatic rings. The van der Waals surface area contributed by atoms with Crippen molar-refractivity contribution in [3.8, 4) is 5.75 Å². The van der Waals surface area contributed by atoms with E-state index in [1.807, 2.05) is 24.3 Å². The largest absolute Gasteiger partial charge is 0.497 e. The zero-order valence-electron chi connectivity index (χ0n) is 17.1. The minimum Gasteiger partial charge on any atom is -0.497 e. The van der Waals surface area contributed by atoms with Crippen molar-refractivity contribution in [1.82, 2.24) is 19.9 Å². The summed E-state index contributed by atoms with van der Waals surface area (Å²) in [6, 6.07) is 9.11. The number of aryl methyl sites for hydroxylation is 1. The van der Waals surface area contributed by atoms with E-state index >= 15 is 0 Å². The highest BCUT2D eigenvalue weighted by Crippen LogP contribution is 2.32. The standard InChI is InChI=1S/C22H24N4O4/c1-14-10-18(25-22(28)24-14)21(27)26-9-4-3-8-19(26)20-23-13-17(30-20)12-15-6-5-7-16(11-15)29-2/h5-7,10-11,13,19H,3-4,8-9,12H2,1-2H3,(H,24,25,28)/t19-/m0/s1. The van der Waals surface area contributed by atoms with Crippen molar-refractivity contribution in [1.29, 1.82) is 0 Å². The molecule has 1 saturated heterocycles. The van der Waals surface area contributed by atoms with Crippen LogP contribution in [-0.4, -0.2) is 39.4 Å². The van der Waals surface area contributed by atoms with Gasteiger partial charge in [-0.2, -0.15) is 4.98 Å². The molecule has 0 aliphatic carbocycles. The molecular formula is C22H24N4O4. The Balaban J connectivity index is 1.56. The number of benzene rings is 1. The van der Waals surface area contributed by atoms with Crippen LogP contribution in [0.4, 0.5) is 0 Å². The highest BCUT2D eigenvalue weighted by atomic mass is 16.5. The number of ether oxygens (including phenoxy) is 1. The number of piperidine rings is 1. The van der Waals surface area contributed by atoms with E-state index in [0.29, 0.717) is 24.6 Å². The maximum Gasteiger partial charge on any atom is 0.345 e. The number of oxazole rings is 1. The second kappa shape index (κ2) is 8.52. The van der Waals surface area contributed by atoms with Gasteiger partial charge in [0.05, 0.1) is 13.3 Å². The number of hydrogen-bond donors (Lipinski definition) is 1. The molecule has 3 heterocycles. The van der Waals surface area contributed by atoms with Gasteiger partial charge in [-0.1, -0.05) is 12.1 Å². The summed E-state index contributed by atoms with van der Waals surface area (Å²) in [5.74, 6) is 1.75.